The molecule has 0 atom stereocenters. The largest absolute Gasteiger partial charge is 0.629 e. The molecule has 0 saturated carbocycles. The molecule has 0 aromatic carbocycles. The van der Waals surface area contributed by atoms with Gasteiger partial charge in [-0.1, -0.05) is 15.9 Å². The predicted molar refractivity (Wildman–Crippen MR) is 55.2 cm³/mol. The third-order valence-corrected chi connectivity index (χ3v) is 1.64. The first-order chi connectivity index (χ1) is 6.61. The Morgan fingerprint density at radius 1 is 1.36 bits per heavy atom. The summed E-state index contributed by atoms with van der Waals surface area (Å²) in [5.74, 6) is 0.873. The highest BCUT2D eigenvalue weighted by Gasteiger charge is 2.23. The summed E-state index contributed by atoms with van der Waals surface area (Å²) >= 11 is 3.03. The highest BCUT2D eigenvalue weighted by atomic mass is 79.9. The van der Waals surface area contributed by atoms with Gasteiger partial charge in [0.05, 0.1) is 12.4 Å². The number of aliphatic hydroxyl groups excluding tert-OH is 2. The van der Waals surface area contributed by atoms with E-state index in [1.54, 1.807) is 7.05 Å². The first-order valence-electron chi connectivity index (χ1n) is 3.75. The summed E-state index contributed by atoms with van der Waals surface area (Å²) in [6.45, 7) is 0. The van der Waals surface area contributed by atoms with Crippen LogP contribution >= 0.6 is 15.9 Å². The molecular formula is C7H9BBrNO4. The maximum atomic E-state index is 9.23. The molecule has 0 amide bonds. The van der Waals surface area contributed by atoms with Gasteiger partial charge in [-0.3, -0.25) is 0 Å². The van der Waals surface area contributed by atoms with Crippen LogP contribution in [0.5, 0.6) is 0 Å². The van der Waals surface area contributed by atoms with Gasteiger partial charge in [-0.25, -0.2) is 0 Å². The average Bonchev–Trinajstić information content (AvgIpc) is 2.00. The van der Waals surface area contributed by atoms with E-state index < -0.39 is 7.12 Å². The van der Waals surface area contributed by atoms with Crippen molar-refractivity contribution in [2.75, 3.05) is 7.05 Å². The van der Waals surface area contributed by atoms with Crippen molar-refractivity contribution >= 4 is 23.0 Å². The molecule has 0 bridgehead atoms. The Bertz CT molecular complexity index is 269. The molecule has 2 N–H and O–H groups in total. The second-order valence-corrected chi connectivity index (χ2v) is 3.05. The number of hydrogen-bond acceptors (Lipinski definition) is 5. The van der Waals surface area contributed by atoms with E-state index in [9.17, 15) is 10.2 Å². The maximum Gasteiger partial charge on any atom is 0.629 e. The van der Waals surface area contributed by atoms with Gasteiger partial charge in [-0.05, 0) is 11.0 Å². The fraction of sp³-hybridized carbons (Fsp3) is 0.143. The fourth-order valence-electron chi connectivity index (χ4n) is 0.847. The van der Waals surface area contributed by atoms with E-state index in [2.05, 4.69) is 15.9 Å². The lowest BCUT2D eigenvalue weighted by atomic mass is 9.91. The minimum atomic E-state index is -0.865. The molecule has 7 heteroatoms. The van der Waals surface area contributed by atoms with Crippen LogP contribution in [0.2, 0.25) is 0 Å². The number of nitrogens with zero attached hydrogens (tertiary/aromatic N) is 1. The molecule has 14 heavy (non-hydrogen) atoms. The maximum absolute atomic E-state index is 9.23. The Hall–Kier alpha value is -1.24. The molecule has 0 spiro atoms. The van der Waals surface area contributed by atoms with Crippen molar-refractivity contribution in [1.29, 1.82) is 0 Å². The summed E-state index contributed by atoms with van der Waals surface area (Å²) in [6.07, 6.45) is 2.60. The van der Waals surface area contributed by atoms with E-state index in [-0.39, 0.29) is 11.9 Å². The summed E-state index contributed by atoms with van der Waals surface area (Å²) in [5.41, 5.74) is 0. The van der Waals surface area contributed by atoms with E-state index in [1.165, 1.54) is 28.3 Å². The quantitative estimate of drug-likeness (QED) is 0.703. The van der Waals surface area contributed by atoms with Crippen molar-refractivity contribution in [2.24, 2.45) is 0 Å². The van der Waals surface area contributed by atoms with Gasteiger partial charge < -0.3 is 24.4 Å². The van der Waals surface area contributed by atoms with Crippen LogP contribution in [-0.2, 0) is 9.31 Å². The summed E-state index contributed by atoms with van der Waals surface area (Å²) in [4.78, 5) is 2.91. The summed E-state index contributed by atoms with van der Waals surface area (Å²) < 4.78 is 9.82. The third-order valence-electron chi connectivity index (χ3n) is 1.33. The Kier molecular flexibility index (Phi) is 3.76. The van der Waals surface area contributed by atoms with Crippen molar-refractivity contribution in [3.63, 3.8) is 0 Å². The Morgan fingerprint density at radius 3 is 2.29 bits per heavy atom. The molecule has 0 unspecified atom stereocenters. The summed E-state index contributed by atoms with van der Waals surface area (Å²) in [7, 11) is 0.746. The second-order valence-electron chi connectivity index (χ2n) is 2.52. The molecule has 0 radical (unpaired) electrons. The summed E-state index contributed by atoms with van der Waals surface area (Å²) in [5, 5.41) is 18.5. The molecule has 1 heterocycles. The monoisotopic (exact) mass is 261 g/mol. The molecule has 5 nitrogen and oxygen atoms in total. The van der Waals surface area contributed by atoms with E-state index in [4.69, 9.17) is 9.31 Å². The smallest absolute Gasteiger partial charge is 0.494 e. The minimum absolute atomic E-state index is 0.299. The lowest BCUT2D eigenvalue weighted by molar-refractivity contribution is 0.124. The molecule has 1 aliphatic heterocycles. The van der Waals surface area contributed by atoms with Crippen LogP contribution in [0.4, 0.5) is 0 Å². The van der Waals surface area contributed by atoms with Crippen molar-refractivity contribution in [2.45, 2.75) is 0 Å². The van der Waals surface area contributed by atoms with Crippen molar-refractivity contribution in [3.8, 4) is 0 Å². The van der Waals surface area contributed by atoms with Crippen LogP contribution in [0.15, 0.2) is 35.3 Å². The normalized spacial score (nSPS) is 21.6. The zero-order valence-electron chi connectivity index (χ0n) is 7.42. The Balaban J connectivity index is 2.80. The van der Waals surface area contributed by atoms with Crippen LogP contribution in [0, 0.1) is 0 Å². The molecule has 0 aromatic heterocycles. The molecule has 0 aromatic rings. The van der Waals surface area contributed by atoms with Gasteiger partial charge in [0.15, 0.2) is 0 Å². The number of rotatable bonds is 1. The third kappa shape index (κ3) is 3.25. The SMILES string of the molecule is CN1C=C(O)OB(C=CBr)O/C(O)=C\1. The zero-order chi connectivity index (χ0) is 10.6. The van der Waals surface area contributed by atoms with Crippen molar-refractivity contribution in [3.05, 3.63) is 35.3 Å². The van der Waals surface area contributed by atoms with Gasteiger partial charge in [0.2, 0.25) is 0 Å². The van der Waals surface area contributed by atoms with E-state index in [0.29, 0.717) is 0 Å². The molecule has 1 aliphatic rings. The highest BCUT2D eigenvalue weighted by molar-refractivity contribution is 9.11. The summed E-state index contributed by atoms with van der Waals surface area (Å²) in [6, 6.07) is 0. The van der Waals surface area contributed by atoms with E-state index in [0.717, 1.165) is 0 Å². The van der Waals surface area contributed by atoms with E-state index >= 15 is 0 Å². The van der Waals surface area contributed by atoms with Crippen LogP contribution < -0.4 is 0 Å². The zero-order valence-corrected chi connectivity index (χ0v) is 9.01. The van der Waals surface area contributed by atoms with Crippen LogP contribution in [-0.4, -0.2) is 29.3 Å². The van der Waals surface area contributed by atoms with Crippen molar-refractivity contribution in [1.82, 2.24) is 4.90 Å². The standard InChI is InChI=1S/C7H9BBrNO4/c1-10-4-6(11)13-8(2-3-9)14-7(12)5-10/h2-5,11-12H,1H3/b3-2?,6-4-,7-5?. The Labute approximate surface area is 90.2 Å². The van der Waals surface area contributed by atoms with Crippen LogP contribution in [0.1, 0.15) is 0 Å². The molecule has 0 aliphatic carbocycles. The molecular weight excluding hydrogens is 253 g/mol. The second kappa shape index (κ2) is 4.85. The minimum Gasteiger partial charge on any atom is -0.494 e. The average molecular weight is 262 g/mol. The Morgan fingerprint density at radius 2 is 1.86 bits per heavy atom. The van der Waals surface area contributed by atoms with Gasteiger partial charge >= 0.3 is 7.12 Å². The first-order valence-corrected chi connectivity index (χ1v) is 4.67. The highest BCUT2D eigenvalue weighted by Crippen LogP contribution is 2.09. The topological polar surface area (TPSA) is 62.2 Å². The first kappa shape index (κ1) is 10.8. The lowest BCUT2D eigenvalue weighted by Gasteiger charge is -2.18. The van der Waals surface area contributed by atoms with Crippen LogP contribution in [0.3, 0.4) is 0 Å². The molecule has 76 valence electrons. The van der Waals surface area contributed by atoms with E-state index in [1.807, 2.05) is 0 Å². The number of hydrogen-bond donors (Lipinski definition) is 2. The van der Waals surface area contributed by atoms with Gasteiger partial charge in [-0.15, -0.1) is 0 Å². The molecule has 0 fully saturated rings. The van der Waals surface area contributed by atoms with Gasteiger partial charge in [0, 0.05) is 7.05 Å². The molecule has 0 saturated heterocycles. The van der Waals surface area contributed by atoms with Gasteiger partial charge in [0.25, 0.3) is 11.9 Å². The van der Waals surface area contributed by atoms with Crippen LogP contribution in [0.25, 0.3) is 0 Å². The lowest BCUT2D eigenvalue weighted by Crippen LogP contribution is -2.23. The van der Waals surface area contributed by atoms with Gasteiger partial charge in [0.1, 0.15) is 0 Å². The fourth-order valence-corrected chi connectivity index (χ4v) is 1.10. The number of halogens is 1. The number of aliphatic hydroxyl groups is 2. The molecule has 1 rings (SSSR count). The van der Waals surface area contributed by atoms with Gasteiger partial charge in [-0.2, -0.15) is 0 Å². The van der Waals surface area contributed by atoms with Crippen molar-refractivity contribution < 1.29 is 19.5 Å². The predicted octanol–water partition coefficient (Wildman–Crippen LogP) is 1.61.